The van der Waals surface area contributed by atoms with E-state index in [0.29, 0.717) is 16.9 Å². The molecular formula is C17H19N3O5S. The first-order chi connectivity index (χ1) is 12.3. The molecule has 0 atom stereocenters. The van der Waals surface area contributed by atoms with Gasteiger partial charge >= 0.3 is 12.0 Å². The minimum Gasteiger partial charge on any atom is -0.462 e. The quantitative estimate of drug-likeness (QED) is 0.526. The number of hydrazine groups is 1. The molecule has 0 saturated carbocycles. The number of anilines is 2. The average Bonchev–Trinajstić information content (AvgIpc) is 2.60. The van der Waals surface area contributed by atoms with Gasteiger partial charge in [0.05, 0.1) is 22.8 Å². The van der Waals surface area contributed by atoms with Crippen LogP contribution in [-0.2, 0) is 14.6 Å². The summed E-state index contributed by atoms with van der Waals surface area (Å²) in [6.45, 7) is 2.01. The van der Waals surface area contributed by atoms with Crippen LogP contribution >= 0.6 is 0 Å². The van der Waals surface area contributed by atoms with E-state index < -0.39 is 21.8 Å². The maximum atomic E-state index is 11.9. The molecule has 0 spiro atoms. The number of hydrogen-bond acceptors (Lipinski definition) is 6. The van der Waals surface area contributed by atoms with E-state index in [9.17, 15) is 18.0 Å². The van der Waals surface area contributed by atoms with E-state index in [4.69, 9.17) is 4.74 Å². The highest BCUT2D eigenvalue weighted by Gasteiger charge is 2.08. The zero-order chi connectivity index (χ0) is 19.2. The van der Waals surface area contributed by atoms with Gasteiger partial charge in [-0.05, 0) is 55.5 Å². The molecule has 0 unspecified atom stereocenters. The summed E-state index contributed by atoms with van der Waals surface area (Å²) in [4.78, 5) is 23.6. The smallest absolute Gasteiger partial charge is 0.338 e. The molecule has 0 aliphatic rings. The van der Waals surface area contributed by atoms with Crippen molar-refractivity contribution < 1.29 is 22.7 Å². The van der Waals surface area contributed by atoms with Gasteiger partial charge in [0.25, 0.3) is 0 Å². The molecule has 0 heterocycles. The van der Waals surface area contributed by atoms with Crippen LogP contribution in [0.5, 0.6) is 0 Å². The summed E-state index contributed by atoms with van der Waals surface area (Å²) in [6.07, 6.45) is 1.12. The van der Waals surface area contributed by atoms with Crippen molar-refractivity contribution in [3.8, 4) is 0 Å². The number of ether oxygens (including phenoxy) is 1. The normalized spacial score (nSPS) is 10.7. The summed E-state index contributed by atoms with van der Waals surface area (Å²) in [6, 6.07) is 11.7. The molecule has 0 fully saturated rings. The Morgan fingerprint density at radius 3 is 2.08 bits per heavy atom. The molecule has 8 nitrogen and oxygen atoms in total. The van der Waals surface area contributed by atoms with E-state index >= 15 is 0 Å². The third-order valence-corrected chi connectivity index (χ3v) is 4.39. The highest BCUT2D eigenvalue weighted by Crippen LogP contribution is 2.13. The number of rotatable bonds is 6. The Morgan fingerprint density at radius 2 is 1.54 bits per heavy atom. The molecule has 2 rings (SSSR count). The number of hydrogen-bond donors (Lipinski definition) is 3. The maximum Gasteiger partial charge on any atom is 0.338 e. The first-order valence-electron chi connectivity index (χ1n) is 7.70. The van der Waals surface area contributed by atoms with Crippen LogP contribution in [0.1, 0.15) is 17.3 Å². The fourth-order valence-electron chi connectivity index (χ4n) is 1.98. The molecule has 0 radical (unpaired) electrons. The van der Waals surface area contributed by atoms with E-state index in [2.05, 4.69) is 16.2 Å². The van der Waals surface area contributed by atoms with Gasteiger partial charge in [-0.1, -0.05) is 0 Å². The van der Waals surface area contributed by atoms with Crippen molar-refractivity contribution in [1.82, 2.24) is 5.43 Å². The number of esters is 1. The predicted octanol–water partition coefficient (Wildman–Crippen LogP) is 2.42. The average molecular weight is 377 g/mol. The molecule has 9 heteroatoms. The Morgan fingerprint density at radius 1 is 0.962 bits per heavy atom. The second kappa shape index (κ2) is 8.34. The summed E-state index contributed by atoms with van der Waals surface area (Å²) in [7, 11) is -3.27. The van der Waals surface area contributed by atoms with Crippen LogP contribution in [0.25, 0.3) is 0 Å². The van der Waals surface area contributed by atoms with E-state index in [0.717, 1.165) is 6.26 Å². The molecule has 2 amide bonds. The largest absolute Gasteiger partial charge is 0.462 e. The van der Waals surface area contributed by atoms with Gasteiger partial charge in [-0.2, -0.15) is 0 Å². The molecule has 2 aromatic carbocycles. The van der Waals surface area contributed by atoms with Crippen molar-refractivity contribution in [1.29, 1.82) is 0 Å². The lowest BCUT2D eigenvalue weighted by Gasteiger charge is -2.10. The third-order valence-electron chi connectivity index (χ3n) is 3.26. The molecular weight excluding hydrogens is 358 g/mol. The predicted molar refractivity (Wildman–Crippen MR) is 97.7 cm³/mol. The number of sulfone groups is 1. The monoisotopic (exact) mass is 377 g/mol. The van der Waals surface area contributed by atoms with Gasteiger partial charge in [0.2, 0.25) is 0 Å². The van der Waals surface area contributed by atoms with E-state index in [-0.39, 0.29) is 11.5 Å². The van der Waals surface area contributed by atoms with Crippen molar-refractivity contribution >= 4 is 33.2 Å². The summed E-state index contributed by atoms with van der Waals surface area (Å²) in [5.74, 6) is -0.428. The Labute approximate surface area is 151 Å². The van der Waals surface area contributed by atoms with Gasteiger partial charge in [-0.25, -0.2) is 18.0 Å². The minimum absolute atomic E-state index is 0.189. The highest BCUT2D eigenvalue weighted by molar-refractivity contribution is 7.90. The van der Waals surface area contributed by atoms with Crippen LogP contribution < -0.4 is 16.2 Å². The second-order valence-electron chi connectivity index (χ2n) is 5.30. The lowest BCUT2D eigenvalue weighted by atomic mass is 10.2. The van der Waals surface area contributed by atoms with Crippen molar-refractivity contribution in [3.05, 3.63) is 54.1 Å². The van der Waals surface area contributed by atoms with E-state index in [1.54, 1.807) is 31.2 Å². The SMILES string of the molecule is CCOC(=O)c1ccc(NC(=O)NNc2ccc(S(C)(=O)=O)cc2)cc1. The van der Waals surface area contributed by atoms with Gasteiger partial charge in [0, 0.05) is 11.9 Å². The van der Waals surface area contributed by atoms with Crippen LogP contribution in [-0.4, -0.2) is 33.3 Å². The molecule has 138 valence electrons. The summed E-state index contributed by atoms with van der Waals surface area (Å²) in [5, 5.41) is 2.59. The maximum absolute atomic E-state index is 11.9. The summed E-state index contributed by atoms with van der Waals surface area (Å²) in [5.41, 5.74) is 6.48. The fourth-order valence-corrected chi connectivity index (χ4v) is 2.61. The lowest BCUT2D eigenvalue weighted by molar-refractivity contribution is 0.0526. The van der Waals surface area contributed by atoms with Crippen molar-refractivity contribution in [2.75, 3.05) is 23.6 Å². The van der Waals surface area contributed by atoms with Crippen molar-refractivity contribution in [2.45, 2.75) is 11.8 Å². The minimum atomic E-state index is -3.27. The number of nitrogens with one attached hydrogen (secondary N) is 3. The number of amides is 2. The third kappa shape index (κ3) is 5.49. The van der Waals surface area contributed by atoms with E-state index in [1.165, 1.54) is 24.3 Å². The molecule has 26 heavy (non-hydrogen) atoms. The van der Waals surface area contributed by atoms with Crippen LogP contribution in [0.2, 0.25) is 0 Å². The van der Waals surface area contributed by atoms with Gasteiger partial charge in [0.15, 0.2) is 9.84 Å². The van der Waals surface area contributed by atoms with Gasteiger partial charge < -0.3 is 10.1 Å². The topological polar surface area (TPSA) is 114 Å². The summed E-state index contributed by atoms with van der Waals surface area (Å²) >= 11 is 0. The summed E-state index contributed by atoms with van der Waals surface area (Å²) < 4.78 is 27.7. The number of benzene rings is 2. The molecule has 3 N–H and O–H groups in total. The Kier molecular flexibility index (Phi) is 6.18. The zero-order valence-corrected chi connectivity index (χ0v) is 15.1. The van der Waals surface area contributed by atoms with E-state index in [1.807, 2.05) is 0 Å². The van der Waals surface area contributed by atoms with Gasteiger partial charge in [-0.3, -0.25) is 10.9 Å². The van der Waals surface area contributed by atoms with Crippen molar-refractivity contribution in [3.63, 3.8) is 0 Å². The molecule has 0 bridgehead atoms. The molecule has 0 aliphatic heterocycles. The van der Waals surface area contributed by atoms with Gasteiger partial charge in [-0.15, -0.1) is 0 Å². The Hall–Kier alpha value is -3.07. The van der Waals surface area contributed by atoms with Crippen LogP contribution in [0.15, 0.2) is 53.4 Å². The fraction of sp³-hybridized carbons (Fsp3) is 0.176. The number of carbonyl (C=O) groups excluding carboxylic acids is 2. The van der Waals surface area contributed by atoms with Crippen LogP contribution in [0, 0.1) is 0 Å². The Bertz CT molecular complexity index is 878. The Balaban J connectivity index is 1.88. The molecule has 2 aromatic rings. The first-order valence-corrected chi connectivity index (χ1v) is 9.59. The second-order valence-corrected chi connectivity index (χ2v) is 7.31. The zero-order valence-electron chi connectivity index (χ0n) is 14.3. The highest BCUT2D eigenvalue weighted by atomic mass is 32.2. The molecule has 0 aromatic heterocycles. The standard InChI is InChI=1S/C17H19N3O5S/c1-3-25-16(21)12-4-6-13(7-5-12)18-17(22)20-19-14-8-10-15(11-9-14)26(2,23)24/h4-11,19H,3H2,1-2H3,(H2,18,20,22). The van der Waals surface area contributed by atoms with Crippen LogP contribution in [0.4, 0.5) is 16.2 Å². The van der Waals surface area contributed by atoms with Crippen molar-refractivity contribution in [2.24, 2.45) is 0 Å². The molecule has 0 saturated heterocycles. The first kappa shape index (κ1) is 19.3. The van der Waals surface area contributed by atoms with Gasteiger partial charge in [0.1, 0.15) is 0 Å². The van der Waals surface area contributed by atoms with Crippen LogP contribution in [0.3, 0.4) is 0 Å². The number of carbonyl (C=O) groups is 2. The molecule has 0 aliphatic carbocycles. The number of urea groups is 1. The lowest BCUT2D eigenvalue weighted by Crippen LogP contribution is -2.33.